The summed E-state index contributed by atoms with van der Waals surface area (Å²) in [5, 5.41) is 29.6. The zero-order valence-electron chi connectivity index (χ0n) is 34.1. The molecule has 0 spiro atoms. The van der Waals surface area contributed by atoms with Gasteiger partial charge in [0.05, 0.1) is 45.1 Å². The molecular weight excluding hydrogens is 692 g/mol. The molecule has 0 aromatic heterocycles. The number of rotatable bonds is 29. The van der Waals surface area contributed by atoms with E-state index < -0.39 is 40.6 Å². The molecular formula is C37H70N4O12. The van der Waals surface area contributed by atoms with Crippen LogP contribution in [0.4, 0.5) is 0 Å². The Labute approximate surface area is 316 Å². The second-order valence-corrected chi connectivity index (χ2v) is 15.5. The van der Waals surface area contributed by atoms with Crippen molar-refractivity contribution in [1.29, 1.82) is 0 Å². The summed E-state index contributed by atoms with van der Waals surface area (Å²) >= 11 is 0. The van der Waals surface area contributed by atoms with Gasteiger partial charge in [-0.2, -0.15) is 0 Å². The van der Waals surface area contributed by atoms with Crippen LogP contribution in [0.25, 0.3) is 0 Å². The molecule has 0 radical (unpaired) electrons. The summed E-state index contributed by atoms with van der Waals surface area (Å²) in [7, 11) is 1.88. The van der Waals surface area contributed by atoms with Gasteiger partial charge >= 0.3 is 11.9 Å². The van der Waals surface area contributed by atoms with E-state index in [4.69, 9.17) is 18.9 Å². The first-order valence-electron chi connectivity index (χ1n) is 18.2. The Balaban J connectivity index is 0. The highest BCUT2D eigenvalue weighted by molar-refractivity contribution is 5.85. The lowest BCUT2D eigenvalue weighted by Gasteiger charge is -2.45. The number of carboxylic acids is 2. The number of carboxylic acid groups (broad SMARTS) is 2. The molecule has 6 N–H and O–H groups in total. The Morgan fingerprint density at radius 2 is 1.25 bits per heavy atom. The van der Waals surface area contributed by atoms with Crippen molar-refractivity contribution >= 4 is 35.9 Å². The second-order valence-electron chi connectivity index (χ2n) is 15.5. The van der Waals surface area contributed by atoms with E-state index in [2.05, 4.69) is 62.8 Å². The van der Waals surface area contributed by atoms with Crippen LogP contribution in [0.1, 0.15) is 88.5 Å². The third-order valence-electron chi connectivity index (χ3n) is 10.3. The molecule has 1 atom stereocenters. The van der Waals surface area contributed by atoms with E-state index in [1.54, 1.807) is 13.8 Å². The number of carbonyl (C=O) groups is 6. The van der Waals surface area contributed by atoms with Crippen molar-refractivity contribution < 1.29 is 57.9 Å². The van der Waals surface area contributed by atoms with Crippen molar-refractivity contribution in [1.82, 2.24) is 21.3 Å². The van der Waals surface area contributed by atoms with E-state index in [-0.39, 0.29) is 75.6 Å². The van der Waals surface area contributed by atoms with Gasteiger partial charge in [0.2, 0.25) is 17.7 Å². The minimum absolute atomic E-state index is 0.00378. The normalized spacial score (nSPS) is 12.7. The monoisotopic (exact) mass is 762 g/mol. The lowest BCUT2D eigenvalue weighted by molar-refractivity contribution is -0.155. The van der Waals surface area contributed by atoms with Crippen LogP contribution >= 0.6 is 0 Å². The second kappa shape index (κ2) is 26.6. The van der Waals surface area contributed by atoms with Gasteiger partial charge in [-0.3, -0.25) is 19.2 Å². The number of aldehydes is 1. The molecule has 16 heteroatoms. The molecule has 16 nitrogen and oxygen atoms in total. The van der Waals surface area contributed by atoms with Gasteiger partial charge in [-0.1, -0.05) is 55.4 Å². The third-order valence-corrected chi connectivity index (χ3v) is 10.3. The quantitative estimate of drug-likeness (QED) is 0.0476. The number of likely N-dealkylation sites (N-methyl/N-ethyl adjacent to an activating group) is 1. The predicted molar refractivity (Wildman–Crippen MR) is 200 cm³/mol. The number of hydrogen-bond acceptors (Lipinski definition) is 11. The van der Waals surface area contributed by atoms with Crippen molar-refractivity contribution in [3.05, 3.63) is 0 Å². The van der Waals surface area contributed by atoms with Gasteiger partial charge in [0.15, 0.2) is 0 Å². The highest BCUT2D eigenvalue weighted by Gasteiger charge is 2.45. The summed E-state index contributed by atoms with van der Waals surface area (Å²) in [6.45, 7) is 23.7. The molecule has 0 saturated carbocycles. The zero-order chi connectivity index (χ0) is 41.3. The molecule has 0 bridgehead atoms. The minimum Gasteiger partial charge on any atom is -0.481 e. The van der Waals surface area contributed by atoms with Crippen LogP contribution in [0.3, 0.4) is 0 Å². The molecule has 0 fully saturated rings. The molecule has 0 aliphatic heterocycles. The molecule has 3 amide bonds. The van der Waals surface area contributed by atoms with Gasteiger partial charge in [0.1, 0.15) is 25.5 Å². The van der Waals surface area contributed by atoms with E-state index in [0.717, 1.165) is 6.54 Å². The summed E-state index contributed by atoms with van der Waals surface area (Å²) in [5.74, 6) is -2.86. The largest absolute Gasteiger partial charge is 0.481 e. The van der Waals surface area contributed by atoms with E-state index in [1.165, 1.54) is 13.8 Å². The molecule has 53 heavy (non-hydrogen) atoms. The maximum absolute atomic E-state index is 12.3. The van der Waals surface area contributed by atoms with Gasteiger partial charge in [0.25, 0.3) is 0 Å². The van der Waals surface area contributed by atoms with Crippen molar-refractivity contribution in [3.63, 3.8) is 0 Å². The number of amides is 3. The van der Waals surface area contributed by atoms with Crippen LogP contribution in [0.5, 0.6) is 0 Å². The highest BCUT2D eigenvalue weighted by Crippen LogP contribution is 2.44. The van der Waals surface area contributed by atoms with Gasteiger partial charge < -0.3 is 55.2 Å². The number of ether oxygens (including phenoxy) is 4. The fourth-order valence-electron chi connectivity index (χ4n) is 4.33. The summed E-state index contributed by atoms with van der Waals surface area (Å²) in [6.07, 6.45) is 0.209. The minimum atomic E-state index is -1.28. The molecule has 0 aliphatic rings. The highest BCUT2D eigenvalue weighted by atomic mass is 16.5. The van der Waals surface area contributed by atoms with E-state index in [9.17, 15) is 39.0 Å². The fourth-order valence-corrected chi connectivity index (χ4v) is 4.33. The summed E-state index contributed by atoms with van der Waals surface area (Å²) in [6, 6.07) is -1.27. The summed E-state index contributed by atoms with van der Waals surface area (Å²) in [5.41, 5.74) is -1.97. The summed E-state index contributed by atoms with van der Waals surface area (Å²) in [4.78, 5) is 68.9. The molecule has 1 unspecified atom stereocenters. The average molecular weight is 763 g/mol. The first-order chi connectivity index (χ1) is 24.5. The topological polar surface area (TPSA) is 228 Å². The molecule has 0 saturated heterocycles. The smallest absolute Gasteiger partial charge is 0.326 e. The fraction of sp³-hybridized carbons (Fsp3) is 0.838. The van der Waals surface area contributed by atoms with Gasteiger partial charge in [0, 0.05) is 32.5 Å². The van der Waals surface area contributed by atoms with Crippen LogP contribution < -0.4 is 21.3 Å². The van der Waals surface area contributed by atoms with E-state index in [1.807, 2.05) is 7.05 Å². The number of nitrogens with one attached hydrogen (secondary N) is 4. The maximum Gasteiger partial charge on any atom is 0.326 e. The Morgan fingerprint density at radius 1 is 0.698 bits per heavy atom. The molecule has 0 heterocycles. The van der Waals surface area contributed by atoms with Gasteiger partial charge in [-0.05, 0) is 49.5 Å². The maximum atomic E-state index is 12.3. The van der Waals surface area contributed by atoms with Gasteiger partial charge in [-0.15, -0.1) is 0 Å². The van der Waals surface area contributed by atoms with Gasteiger partial charge in [-0.25, -0.2) is 4.79 Å². The number of carbonyl (C=O) groups excluding carboxylic acids is 4. The van der Waals surface area contributed by atoms with Crippen molar-refractivity contribution in [2.75, 3.05) is 79.5 Å². The van der Waals surface area contributed by atoms with E-state index >= 15 is 0 Å². The standard InChI is InChI=1S/C20H34N2O9.C17H36N2O3/c1-19(2,20(3,4)18(28)29)13-16(25)22-14(17(26)27)5-6-15(24)21-7-9-30-11-12-31-10-8-23;1-14(2)17(5,6)16(3,4)13-19-15(20)12-22-11-10-21-9-8-18-7/h8,14H,5-7,9-13H2,1-4H3,(H,21,24)(H,22,25)(H,26,27)(H,28,29);14,18H,8-13H2,1-7H3,(H,19,20). The molecule has 0 aromatic rings. The SMILES string of the molecule is CC(C)(CC(=O)NC(CCC(=O)NCCOCCOCC=O)C(=O)O)C(C)(C)C(=O)O.CNCCOCCOCC(=O)NCC(C)(C)C(C)(C)C(C)C. The first-order valence-corrected chi connectivity index (χ1v) is 18.2. The number of hydrogen-bond donors (Lipinski definition) is 6. The van der Waals surface area contributed by atoms with Crippen LogP contribution in [-0.2, 0) is 47.7 Å². The molecule has 0 rings (SSSR count). The van der Waals surface area contributed by atoms with Crippen LogP contribution in [0, 0.1) is 27.6 Å². The zero-order valence-corrected chi connectivity index (χ0v) is 34.1. The predicted octanol–water partition coefficient (Wildman–Crippen LogP) is 2.28. The summed E-state index contributed by atoms with van der Waals surface area (Å²) < 4.78 is 20.7. The van der Waals surface area contributed by atoms with Crippen LogP contribution in [0.15, 0.2) is 0 Å². The number of aliphatic carboxylic acids is 2. The van der Waals surface area contributed by atoms with Crippen molar-refractivity contribution in [2.24, 2.45) is 27.6 Å². The Morgan fingerprint density at radius 3 is 1.75 bits per heavy atom. The van der Waals surface area contributed by atoms with Crippen LogP contribution in [0.2, 0.25) is 0 Å². The lowest BCUT2D eigenvalue weighted by atomic mass is 9.62. The van der Waals surface area contributed by atoms with Crippen molar-refractivity contribution in [2.45, 2.75) is 94.5 Å². The third kappa shape index (κ3) is 22.0. The molecule has 310 valence electrons. The lowest BCUT2D eigenvalue weighted by Crippen LogP contribution is -2.46. The Hall–Kier alpha value is -3.18. The first kappa shape index (κ1) is 51.9. The van der Waals surface area contributed by atoms with Crippen LogP contribution in [-0.4, -0.2) is 132 Å². The molecule has 0 aliphatic carbocycles. The van der Waals surface area contributed by atoms with E-state index in [0.29, 0.717) is 38.6 Å². The average Bonchev–Trinajstić information content (AvgIpc) is 3.06. The van der Waals surface area contributed by atoms with Crippen molar-refractivity contribution in [3.8, 4) is 0 Å². The molecule has 0 aromatic carbocycles. The Kier molecular flexibility index (Phi) is 26.0. The Bertz CT molecular complexity index is 1110.